The van der Waals surface area contributed by atoms with Crippen molar-refractivity contribution in [1.29, 1.82) is 0 Å². The van der Waals surface area contributed by atoms with Crippen molar-refractivity contribution >= 4 is 46.3 Å². The summed E-state index contributed by atoms with van der Waals surface area (Å²) < 4.78 is 8.18. The van der Waals surface area contributed by atoms with E-state index in [1.54, 1.807) is 16.7 Å². The monoisotopic (exact) mass is 544 g/mol. The number of halogens is 2. The molecule has 1 atom stereocenters. The number of hydrogen-bond acceptors (Lipinski definition) is 4. The quantitative estimate of drug-likeness (QED) is 0.281. The fourth-order valence-corrected chi connectivity index (χ4v) is 6.55. The molecule has 4 aromatic rings. The lowest BCUT2D eigenvalue weighted by atomic mass is 9.83. The molecule has 184 valence electrons. The molecule has 0 saturated heterocycles. The molecule has 7 heteroatoms. The maximum Gasteiger partial charge on any atom is 0.271 e. The largest absolute Gasteiger partial charge is 0.489 e. The van der Waals surface area contributed by atoms with E-state index in [1.807, 2.05) is 48.5 Å². The van der Waals surface area contributed by atoms with Crippen molar-refractivity contribution in [2.75, 3.05) is 6.61 Å². The van der Waals surface area contributed by atoms with E-state index in [1.165, 1.54) is 16.9 Å². The highest BCUT2D eigenvalue weighted by Crippen LogP contribution is 2.43. The fourth-order valence-electron chi connectivity index (χ4n) is 5.04. The molecule has 1 aliphatic heterocycles. The number of rotatable bonds is 5. The van der Waals surface area contributed by atoms with Crippen LogP contribution < -0.4 is 19.6 Å². The molecule has 4 nitrogen and oxygen atoms in total. The van der Waals surface area contributed by atoms with E-state index in [0.717, 1.165) is 40.8 Å². The summed E-state index contributed by atoms with van der Waals surface area (Å²) in [5.74, 6) is 0.693. The first-order valence-corrected chi connectivity index (χ1v) is 13.5. The molecule has 0 bridgehead atoms. The average Bonchev–Trinajstić information content (AvgIpc) is 3.21. The minimum atomic E-state index is -0.362. The Labute approximate surface area is 228 Å². The number of aryl methyl sites for hydroxylation is 1. The van der Waals surface area contributed by atoms with Crippen molar-refractivity contribution in [1.82, 2.24) is 4.57 Å². The molecule has 0 spiro atoms. The van der Waals surface area contributed by atoms with Crippen molar-refractivity contribution in [2.24, 2.45) is 4.99 Å². The van der Waals surface area contributed by atoms with Crippen LogP contribution in [0.25, 0.3) is 11.8 Å². The Morgan fingerprint density at radius 2 is 1.89 bits per heavy atom. The van der Waals surface area contributed by atoms with Crippen LogP contribution in [0.15, 0.2) is 94.7 Å². The Kier molecular flexibility index (Phi) is 6.37. The van der Waals surface area contributed by atoms with Crippen molar-refractivity contribution < 1.29 is 4.74 Å². The second kappa shape index (κ2) is 9.82. The second-order valence-corrected chi connectivity index (χ2v) is 10.8. The Hall–Kier alpha value is -3.38. The van der Waals surface area contributed by atoms with Gasteiger partial charge in [0, 0.05) is 21.2 Å². The number of fused-ring (bicyclic) bond motifs is 3. The van der Waals surface area contributed by atoms with E-state index >= 15 is 0 Å². The molecule has 1 aliphatic carbocycles. The van der Waals surface area contributed by atoms with Crippen LogP contribution >= 0.6 is 34.5 Å². The predicted octanol–water partition coefficient (Wildman–Crippen LogP) is 6.19. The highest BCUT2D eigenvalue weighted by Gasteiger charge is 2.33. The molecule has 2 heterocycles. The van der Waals surface area contributed by atoms with Gasteiger partial charge >= 0.3 is 0 Å². The summed E-state index contributed by atoms with van der Waals surface area (Å²) in [6, 6.07) is 21.1. The van der Waals surface area contributed by atoms with Gasteiger partial charge < -0.3 is 4.74 Å². The molecular formula is C30H22Cl2N2O2S. The third-order valence-electron chi connectivity index (χ3n) is 6.69. The zero-order valence-corrected chi connectivity index (χ0v) is 22.1. The van der Waals surface area contributed by atoms with Crippen molar-refractivity contribution in [3.63, 3.8) is 0 Å². The van der Waals surface area contributed by atoms with Gasteiger partial charge in [-0.2, -0.15) is 0 Å². The van der Waals surface area contributed by atoms with E-state index in [-0.39, 0.29) is 11.6 Å². The Balaban J connectivity index is 1.61. The molecule has 0 N–H and O–H groups in total. The van der Waals surface area contributed by atoms with Gasteiger partial charge in [-0.1, -0.05) is 95.7 Å². The maximum atomic E-state index is 14.0. The van der Waals surface area contributed by atoms with Crippen molar-refractivity contribution in [3.8, 4) is 5.75 Å². The fraction of sp³-hybridized carbons (Fsp3) is 0.133. The maximum absolute atomic E-state index is 14.0. The Morgan fingerprint density at radius 1 is 1.08 bits per heavy atom. The molecule has 3 aromatic carbocycles. The van der Waals surface area contributed by atoms with Gasteiger partial charge in [0.2, 0.25) is 0 Å². The predicted molar refractivity (Wildman–Crippen MR) is 151 cm³/mol. The number of allylic oxidation sites excluding steroid dienone is 1. The second-order valence-electron chi connectivity index (χ2n) is 8.92. The van der Waals surface area contributed by atoms with Gasteiger partial charge in [0.05, 0.1) is 16.3 Å². The van der Waals surface area contributed by atoms with Crippen LogP contribution in [-0.4, -0.2) is 11.2 Å². The molecule has 0 fully saturated rings. The summed E-state index contributed by atoms with van der Waals surface area (Å²) in [5.41, 5.74) is 5.96. The van der Waals surface area contributed by atoms with E-state index < -0.39 is 0 Å². The van der Waals surface area contributed by atoms with Crippen LogP contribution in [0, 0.1) is 0 Å². The number of benzene rings is 3. The molecule has 6 rings (SSSR count). The van der Waals surface area contributed by atoms with E-state index in [0.29, 0.717) is 31.7 Å². The lowest BCUT2D eigenvalue weighted by molar-refractivity contribution is 0.362. The molecule has 2 aliphatic rings. The van der Waals surface area contributed by atoms with Crippen LogP contribution in [0.4, 0.5) is 0 Å². The molecule has 0 amide bonds. The summed E-state index contributed by atoms with van der Waals surface area (Å²) in [7, 11) is 0. The zero-order chi connectivity index (χ0) is 25.5. The molecule has 1 unspecified atom stereocenters. The SMILES string of the molecule is C=CCOc1ccccc1C=c1sc2n(c1=O)C(c1ccc(Cl)cc1Cl)C1=C(N=2)c2ccccc2CC1. The van der Waals surface area contributed by atoms with Gasteiger partial charge in [0.25, 0.3) is 5.56 Å². The molecule has 37 heavy (non-hydrogen) atoms. The number of para-hydroxylation sites is 1. The standard InChI is InChI=1S/C30H22Cl2N2O2S/c1-2-15-36-25-10-6-4-8-19(25)16-26-29(35)34-28(22-14-12-20(31)17-24(22)32)23-13-11-18-7-3-5-9-21(18)27(23)33-30(34)37-26/h2-10,12,14,16-17,28H,1,11,13,15H2. The first-order valence-electron chi connectivity index (χ1n) is 12.0. The lowest BCUT2D eigenvalue weighted by Crippen LogP contribution is -2.38. The summed E-state index contributed by atoms with van der Waals surface area (Å²) in [6.07, 6.45) is 5.24. The minimum Gasteiger partial charge on any atom is -0.489 e. The highest BCUT2D eigenvalue weighted by atomic mass is 35.5. The summed E-state index contributed by atoms with van der Waals surface area (Å²) in [6.45, 7) is 4.11. The molecular weight excluding hydrogens is 523 g/mol. The van der Waals surface area contributed by atoms with Crippen LogP contribution in [-0.2, 0) is 6.42 Å². The van der Waals surface area contributed by atoms with E-state index in [9.17, 15) is 4.79 Å². The molecule has 0 saturated carbocycles. The summed E-state index contributed by atoms with van der Waals surface area (Å²) in [4.78, 5) is 19.7. The van der Waals surface area contributed by atoms with Crippen LogP contribution in [0.3, 0.4) is 0 Å². The number of nitrogens with zero attached hydrogens (tertiary/aromatic N) is 2. The van der Waals surface area contributed by atoms with Crippen LogP contribution in [0.5, 0.6) is 5.75 Å². The summed E-state index contributed by atoms with van der Waals surface area (Å²) in [5, 5.41) is 1.09. The average molecular weight is 545 g/mol. The first-order chi connectivity index (χ1) is 18.0. The lowest BCUT2D eigenvalue weighted by Gasteiger charge is -2.31. The summed E-state index contributed by atoms with van der Waals surface area (Å²) >= 11 is 14.3. The van der Waals surface area contributed by atoms with Gasteiger partial charge in [-0.15, -0.1) is 0 Å². The Morgan fingerprint density at radius 3 is 2.73 bits per heavy atom. The third kappa shape index (κ3) is 4.27. The van der Waals surface area contributed by atoms with Gasteiger partial charge in [-0.25, -0.2) is 4.99 Å². The van der Waals surface area contributed by atoms with Gasteiger partial charge in [-0.3, -0.25) is 9.36 Å². The van der Waals surface area contributed by atoms with E-state index in [4.69, 9.17) is 32.9 Å². The minimum absolute atomic E-state index is 0.108. The van der Waals surface area contributed by atoms with Crippen molar-refractivity contribution in [2.45, 2.75) is 18.9 Å². The number of aromatic nitrogens is 1. The number of hydrogen-bond donors (Lipinski definition) is 0. The van der Waals surface area contributed by atoms with Gasteiger partial charge in [0.1, 0.15) is 12.4 Å². The third-order valence-corrected chi connectivity index (χ3v) is 8.24. The zero-order valence-electron chi connectivity index (χ0n) is 19.8. The number of thiazole rings is 1. The molecule has 1 aromatic heterocycles. The van der Waals surface area contributed by atoms with Crippen LogP contribution in [0.2, 0.25) is 10.0 Å². The topological polar surface area (TPSA) is 43.6 Å². The van der Waals surface area contributed by atoms with Gasteiger partial charge in [-0.05, 0) is 53.8 Å². The first kappa shape index (κ1) is 24.0. The smallest absolute Gasteiger partial charge is 0.271 e. The molecule has 0 radical (unpaired) electrons. The van der Waals surface area contributed by atoms with Crippen LogP contribution in [0.1, 0.15) is 34.7 Å². The highest BCUT2D eigenvalue weighted by molar-refractivity contribution is 7.07. The normalized spacial score (nSPS) is 16.5. The van der Waals surface area contributed by atoms with Gasteiger partial charge in [0.15, 0.2) is 4.80 Å². The van der Waals surface area contributed by atoms with E-state index in [2.05, 4.69) is 24.8 Å². The number of ether oxygens (including phenoxy) is 1. The van der Waals surface area contributed by atoms with Crippen molar-refractivity contribution in [3.05, 3.63) is 137 Å². The Bertz CT molecular complexity index is 1770.